The van der Waals surface area contributed by atoms with Crippen LogP contribution in [0.1, 0.15) is 32.7 Å². The fourth-order valence-electron chi connectivity index (χ4n) is 3.79. The molecule has 2 heterocycles. The van der Waals surface area contributed by atoms with Crippen LogP contribution in [0.25, 0.3) is 5.69 Å². The Morgan fingerprint density at radius 3 is 2.38 bits per heavy atom. The smallest absolute Gasteiger partial charge is 0.257 e. The molecule has 0 bridgehead atoms. The summed E-state index contributed by atoms with van der Waals surface area (Å²) in [5, 5.41) is 7.68. The van der Waals surface area contributed by atoms with Gasteiger partial charge in [0, 0.05) is 21.9 Å². The van der Waals surface area contributed by atoms with E-state index < -0.39 is 10.8 Å². The summed E-state index contributed by atoms with van der Waals surface area (Å²) in [5.41, 5.74) is 4.91. The summed E-state index contributed by atoms with van der Waals surface area (Å²) in [7, 11) is 3.47. The van der Waals surface area contributed by atoms with Crippen molar-refractivity contribution in [2.45, 2.75) is 25.4 Å². The van der Waals surface area contributed by atoms with Crippen LogP contribution in [-0.2, 0) is 22.3 Å². The second-order valence-corrected chi connectivity index (χ2v) is 8.96. The summed E-state index contributed by atoms with van der Waals surface area (Å²) in [6.07, 6.45) is 0. The number of rotatable bonds is 6. The summed E-state index contributed by atoms with van der Waals surface area (Å²) < 4.78 is 30.0. The first-order valence-electron chi connectivity index (χ1n) is 10.0. The number of methoxy groups -OCH3 is 3. The first kappa shape index (κ1) is 21.9. The van der Waals surface area contributed by atoms with Gasteiger partial charge in [0.1, 0.15) is 5.82 Å². The Kier molecular flexibility index (Phi) is 5.92. The average molecular weight is 456 g/mol. The molecule has 0 unspecified atom stereocenters. The van der Waals surface area contributed by atoms with Gasteiger partial charge in [-0.2, -0.15) is 5.10 Å². The highest BCUT2D eigenvalue weighted by molar-refractivity contribution is 7.83. The number of hydrogen-bond acceptors (Lipinski definition) is 6. The van der Waals surface area contributed by atoms with E-state index in [0.29, 0.717) is 40.1 Å². The lowest BCUT2D eigenvalue weighted by molar-refractivity contribution is 0.102. The van der Waals surface area contributed by atoms with Crippen molar-refractivity contribution in [3.8, 4) is 22.9 Å². The van der Waals surface area contributed by atoms with Crippen LogP contribution in [-0.4, -0.2) is 41.2 Å². The molecule has 32 heavy (non-hydrogen) atoms. The normalized spacial score (nSPS) is 14.7. The van der Waals surface area contributed by atoms with E-state index in [9.17, 15) is 9.00 Å². The Labute approximate surface area is 188 Å². The zero-order valence-corrected chi connectivity index (χ0v) is 19.5. The number of amides is 1. The van der Waals surface area contributed by atoms with Gasteiger partial charge in [0.25, 0.3) is 5.91 Å². The largest absolute Gasteiger partial charge is 0.493 e. The van der Waals surface area contributed by atoms with Crippen molar-refractivity contribution >= 4 is 22.5 Å². The Hall–Kier alpha value is -3.33. The molecular formula is C23H25N3O5S. The summed E-state index contributed by atoms with van der Waals surface area (Å²) in [4.78, 5) is 13.3. The molecule has 0 fully saturated rings. The van der Waals surface area contributed by atoms with Crippen molar-refractivity contribution in [1.29, 1.82) is 0 Å². The number of ether oxygens (including phenoxy) is 3. The molecular weight excluding hydrogens is 430 g/mol. The van der Waals surface area contributed by atoms with Crippen LogP contribution in [0.5, 0.6) is 17.2 Å². The topological polar surface area (TPSA) is 91.7 Å². The standard InChI is InChI=1S/C23H25N3O5S/c1-13-7-6-8-18(14(13)2)26-22(16-11-32(28)12-17(16)25-26)24-23(27)15-9-19(29-3)21(31-5)20(10-15)30-4/h6-10H,11-12H2,1-5H3,(H,24,27)/t32-/m0/s1. The van der Waals surface area contributed by atoms with Gasteiger partial charge in [0.2, 0.25) is 5.75 Å². The highest BCUT2D eigenvalue weighted by Gasteiger charge is 2.29. The van der Waals surface area contributed by atoms with Gasteiger partial charge >= 0.3 is 0 Å². The van der Waals surface area contributed by atoms with E-state index in [0.717, 1.165) is 28.1 Å². The van der Waals surface area contributed by atoms with Crippen molar-refractivity contribution in [2.24, 2.45) is 0 Å². The summed E-state index contributed by atoms with van der Waals surface area (Å²) >= 11 is 0. The maximum Gasteiger partial charge on any atom is 0.257 e. The van der Waals surface area contributed by atoms with Crippen LogP contribution in [0, 0.1) is 13.8 Å². The lowest BCUT2D eigenvalue weighted by Gasteiger charge is -2.16. The third-order valence-corrected chi connectivity index (χ3v) is 6.84. The number of anilines is 1. The average Bonchev–Trinajstić information content (AvgIpc) is 3.31. The number of carbonyl (C=O) groups is 1. The van der Waals surface area contributed by atoms with Crippen LogP contribution in [0.3, 0.4) is 0 Å². The maximum absolute atomic E-state index is 13.3. The number of nitrogens with zero attached hydrogens (tertiary/aromatic N) is 2. The minimum Gasteiger partial charge on any atom is -0.493 e. The van der Waals surface area contributed by atoms with Gasteiger partial charge in [-0.1, -0.05) is 12.1 Å². The monoisotopic (exact) mass is 455 g/mol. The molecule has 1 aromatic heterocycles. The predicted octanol–water partition coefficient (Wildman–Crippen LogP) is 3.53. The fraction of sp³-hybridized carbons (Fsp3) is 0.304. The van der Waals surface area contributed by atoms with Gasteiger partial charge in [-0.05, 0) is 43.2 Å². The number of benzene rings is 2. The Balaban J connectivity index is 1.79. The molecule has 0 spiro atoms. The van der Waals surface area contributed by atoms with E-state index in [2.05, 4.69) is 5.32 Å². The molecule has 168 valence electrons. The van der Waals surface area contributed by atoms with E-state index in [4.69, 9.17) is 19.3 Å². The van der Waals surface area contributed by atoms with E-state index in [1.165, 1.54) is 21.3 Å². The van der Waals surface area contributed by atoms with E-state index >= 15 is 0 Å². The van der Waals surface area contributed by atoms with Crippen molar-refractivity contribution < 1.29 is 23.2 Å². The predicted molar refractivity (Wildman–Crippen MR) is 123 cm³/mol. The number of aromatic nitrogens is 2. The first-order valence-corrected chi connectivity index (χ1v) is 11.5. The van der Waals surface area contributed by atoms with Crippen molar-refractivity contribution in [3.05, 3.63) is 58.3 Å². The second-order valence-electron chi connectivity index (χ2n) is 7.50. The first-order chi connectivity index (χ1) is 15.4. The lowest BCUT2D eigenvalue weighted by atomic mass is 10.1. The zero-order valence-electron chi connectivity index (χ0n) is 18.6. The van der Waals surface area contributed by atoms with Crippen molar-refractivity contribution in [1.82, 2.24) is 9.78 Å². The van der Waals surface area contributed by atoms with Crippen LogP contribution < -0.4 is 19.5 Å². The van der Waals surface area contributed by atoms with Crippen LogP contribution >= 0.6 is 0 Å². The Morgan fingerprint density at radius 1 is 1.06 bits per heavy atom. The summed E-state index contributed by atoms with van der Waals surface area (Å²) in [6, 6.07) is 9.12. The third kappa shape index (κ3) is 3.73. The fourth-order valence-corrected chi connectivity index (χ4v) is 5.05. The molecule has 1 atom stereocenters. The number of carbonyl (C=O) groups excluding carboxylic acids is 1. The molecule has 0 aliphatic carbocycles. The van der Waals surface area contributed by atoms with E-state index in [1.807, 2.05) is 32.0 Å². The van der Waals surface area contributed by atoms with E-state index in [1.54, 1.807) is 16.8 Å². The number of aryl methyl sites for hydroxylation is 1. The second kappa shape index (κ2) is 8.66. The minimum atomic E-state index is -1.03. The van der Waals surface area contributed by atoms with Gasteiger partial charge in [-0.3, -0.25) is 9.00 Å². The van der Waals surface area contributed by atoms with Crippen LogP contribution in [0.4, 0.5) is 5.82 Å². The highest BCUT2D eigenvalue weighted by Crippen LogP contribution is 2.39. The van der Waals surface area contributed by atoms with Crippen molar-refractivity contribution in [2.75, 3.05) is 26.6 Å². The lowest BCUT2D eigenvalue weighted by Crippen LogP contribution is -2.17. The van der Waals surface area contributed by atoms with Gasteiger partial charge in [0.05, 0.1) is 44.2 Å². The van der Waals surface area contributed by atoms with Gasteiger partial charge in [-0.15, -0.1) is 0 Å². The molecule has 0 saturated carbocycles. The third-order valence-electron chi connectivity index (χ3n) is 5.63. The molecule has 4 rings (SSSR count). The van der Waals surface area contributed by atoms with Crippen LogP contribution in [0.2, 0.25) is 0 Å². The van der Waals surface area contributed by atoms with Crippen LogP contribution in [0.15, 0.2) is 30.3 Å². The van der Waals surface area contributed by atoms with Gasteiger partial charge in [0.15, 0.2) is 11.5 Å². The Bertz CT molecular complexity index is 1210. The number of hydrogen-bond donors (Lipinski definition) is 1. The van der Waals surface area contributed by atoms with E-state index in [-0.39, 0.29) is 5.91 Å². The SMILES string of the molecule is COc1cc(C(=O)Nc2c3c(nn2-c2cccc(C)c2C)C[S@@](=O)C3)cc(OC)c1OC. The molecule has 8 nitrogen and oxygen atoms in total. The Morgan fingerprint density at radius 2 is 1.75 bits per heavy atom. The maximum atomic E-state index is 13.3. The molecule has 1 amide bonds. The van der Waals surface area contributed by atoms with Gasteiger partial charge < -0.3 is 19.5 Å². The zero-order chi connectivity index (χ0) is 23.0. The molecule has 3 aromatic rings. The number of nitrogens with one attached hydrogen (secondary N) is 1. The van der Waals surface area contributed by atoms with Gasteiger partial charge in [-0.25, -0.2) is 4.68 Å². The molecule has 0 saturated heterocycles. The minimum absolute atomic E-state index is 0.334. The molecule has 9 heteroatoms. The quantitative estimate of drug-likeness (QED) is 0.611. The molecule has 1 aliphatic rings. The molecule has 0 radical (unpaired) electrons. The molecule has 1 aliphatic heterocycles. The summed E-state index contributed by atoms with van der Waals surface area (Å²) in [5.74, 6) is 2.06. The molecule has 1 N–H and O–H groups in total. The highest BCUT2D eigenvalue weighted by atomic mass is 32.2. The number of fused-ring (bicyclic) bond motifs is 1. The molecule has 2 aromatic carbocycles. The van der Waals surface area contributed by atoms with Crippen molar-refractivity contribution in [3.63, 3.8) is 0 Å². The summed E-state index contributed by atoms with van der Waals surface area (Å²) in [6.45, 7) is 4.04.